The van der Waals surface area contributed by atoms with Crippen LogP contribution < -0.4 is 5.43 Å². The summed E-state index contributed by atoms with van der Waals surface area (Å²) in [5.41, 5.74) is 2.13. The van der Waals surface area contributed by atoms with E-state index in [2.05, 4.69) is 0 Å². The quantitative estimate of drug-likeness (QED) is 0.946. The van der Waals surface area contributed by atoms with Crippen molar-refractivity contribution in [1.82, 2.24) is 4.57 Å². The van der Waals surface area contributed by atoms with Gasteiger partial charge in [-0.25, -0.2) is 0 Å². The number of nitrogens with zero attached hydrogens (tertiary/aromatic N) is 1. The van der Waals surface area contributed by atoms with Crippen LogP contribution in [0.5, 0.6) is 0 Å². The first-order chi connectivity index (χ1) is 9.47. The number of hydrogen-bond acceptors (Lipinski definition) is 2. The van der Waals surface area contributed by atoms with Crippen molar-refractivity contribution in [2.24, 2.45) is 0 Å². The second kappa shape index (κ2) is 4.63. The molecule has 20 heavy (non-hydrogen) atoms. The Bertz CT molecular complexity index is 775. The Hall–Kier alpha value is -1.81. The zero-order valence-corrected chi connectivity index (χ0v) is 11.8. The third-order valence-corrected chi connectivity index (χ3v) is 3.84. The normalized spacial score (nSPS) is 14.7. The maximum atomic E-state index is 12.2. The number of halogens is 1. The summed E-state index contributed by atoms with van der Waals surface area (Å²) in [5.74, 6) is -0.926. The van der Waals surface area contributed by atoms with E-state index in [9.17, 15) is 9.59 Å². The van der Waals surface area contributed by atoms with Gasteiger partial charge in [-0.2, -0.15) is 0 Å². The molecule has 0 aliphatic heterocycles. The van der Waals surface area contributed by atoms with Crippen molar-refractivity contribution in [1.29, 1.82) is 0 Å². The highest BCUT2D eigenvalue weighted by atomic mass is 35.5. The number of aliphatic carboxylic acids is 1. The second-order valence-electron chi connectivity index (χ2n) is 5.29. The van der Waals surface area contributed by atoms with Gasteiger partial charge in [0, 0.05) is 28.2 Å². The number of carboxylic acids is 1. The monoisotopic (exact) mass is 291 g/mol. The van der Waals surface area contributed by atoms with E-state index in [1.54, 1.807) is 6.07 Å². The summed E-state index contributed by atoms with van der Waals surface area (Å²) < 4.78 is 2.01. The lowest BCUT2D eigenvalue weighted by atomic mass is 10.1. The number of carbonyl (C=O) groups is 1. The Morgan fingerprint density at radius 3 is 2.70 bits per heavy atom. The van der Waals surface area contributed by atoms with Crippen LogP contribution in [0.2, 0.25) is 5.02 Å². The van der Waals surface area contributed by atoms with Crippen LogP contribution >= 0.6 is 11.6 Å². The largest absolute Gasteiger partial charge is 0.481 e. The lowest BCUT2D eigenvalue weighted by Crippen LogP contribution is -2.17. The average Bonchev–Trinajstić information content (AvgIpc) is 3.14. The van der Waals surface area contributed by atoms with Gasteiger partial charge < -0.3 is 9.67 Å². The van der Waals surface area contributed by atoms with Gasteiger partial charge in [-0.1, -0.05) is 11.6 Å². The first-order valence-electron chi connectivity index (χ1n) is 6.53. The van der Waals surface area contributed by atoms with Gasteiger partial charge in [0.05, 0.1) is 11.9 Å². The van der Waals surface area contributed by atoms with Gasteiger partial charge in [-0.15, -0.1) is 0 Å². The number of hydrogen-bond donors (Lipinski definition) is 1. The van der Waals surface area contributed by atoms with E-state index in [1.807, 2.05) is 17.6 Å². The minimum Gasteiger partial charge on any atom is -0.481 e. The lowest BCUT2D eigenvalue weighted by Gasteiger charge is -2.17. The van der Waals surface area contributed by atoms with E-state index < -0.39 is 5.97 Å². The third-order valence-electron chi connectivity index (χ3n) is 3.62. The highest BCUT2D eigenvalue weighted by Crippen LogP contribution is 2.39. The van der Waals surface area contributed by atoms with Gasteiger partial charge in [0.15, 0.2) is 5.43 Å². The minimum atomic E-state index is -0.926. The summed E-state index contributed by atoms with van der Waals surface area (Å²) in [6.45, 7) is 1.90. The molecule has 1 aliphatic carbocycles. The number of fused-ring (bicyclic) bond motifs is 1. The van der Waals surface area contributed by atoms with Crippen LogP contribution in [-0.2, 0) is 11.2 Å². The SMILES string of the molecule is Cc1cc(Cl)cc2c(=O)cc(CC(=O)O)n(C3CC3)c12. The van der Waals surface area contributed by atoms with E-state index in [-0.39, 0.29) is 11.8 Å². The van der Waals surface area contributed by atoms with Crippen LogP contribution in [0.1, 0.15) is 30.1 Å². The van der Waals surface area contributed by atoms with E-state index in [0.29, 0.717) is 22.1 Å². The Labute approximate surface area is 120 Å². The van der Waals surface area contributed by atoms with Crippen LogP contribution in [0.25, 0.3) is 10.9 Å². The molecule has 104 valence electrons. The fourth-order valence-corrected chi connectivity index (χ4v) is 3.00. The molecule has 0 spiro atoms. The average molecular weight is 292 g/mol. The lowest BCUT2D eigenvalue weighted by molar-refractivity contribution is -0.136. The first kappa shape index (κ1) is 13.2. The third kappa shape index (κ3) is 2.20. The van der Waals surface area contributed by atoms with Gasteiger partial charge in [-0.05, 0) is 37.5 Å². The van der Waals surface area contributed by atoms with Crippen LogP contribution in [0.3, 0.4) is 0 Å². The highest BCUT2D eigenvalue weighted by Gasteiger charge is 2.28. The molecule has 2 aromatic rings. The van der Waals surface area contributed by atoms with Crippen LogP contribution in [0.15, 0.2) is 23.0 Å². The number of aryl methyl sites for hydroxylation is 1. The molecule has 4 nitrogen and oxygen atoms in total. The number of carboxylic acid groups (broad SMARTS) is 1. The summed E-state index contributed by atoms with van der Waals surface area (Å²) in [4.78, 5) is 23.2. The van der Waals surface area contributed by atoms with Crippen molar-refractivity contribution in [3.8, 4) is 0 Å². The second-order valence-corrected chi connectivity index (χ2v) is 5.73. The van der Waals surface area contributed by atoms with Crippen molar-refractivity contribution in [3.05, 3.63) is 44.7 Å². The summed E-state index contributed by atoms with van der Waals surface area (Å²) in [6.07, 6.45) is 1.91. The summed E-state index contributed by atoms with van der Waals surface area (Å²) in [6, 6.07) is 5.21. The Morgan fingerprint density at radius 1 is 1.40 bits per heavy atom. The smallest absolute Gasteiger partial charge is 0.309 e. The van der Waals surface area contributed by atoms with Crippen molar-refractivity contribution in [2.75, 3.05) is 0 Å². The van der Waals surface area contributed by atoms with Crippen LogP contribution in [-0.4, -0.2) is 15.6 Å². The molecule has 1 aromatic carbocycles. The molecule has 0 bridgehead atoms. The fraction of sp³-hybridized carbons (Fsp3) is 0.333. The van der Waals surface area contributed by atoms with Crippen LogP contribution in [0.4, 0.5) is 0 Å². The van der Waals surface area contributed by atoms with Gasteiger partial charge in [0.1, 0.15) is 0 Å². The maximum absolute atomic E-state index is 12.2. The summed E-state index contributed by atoms with van der Waals surface area (Å²) in [7, 11) is 0. The van der Waals surface area contributed by atoms with Gasteiger partial charge >= 0.3 is 5.97 Å². The zero-order chi connectivity index (χ0) is 14.4. The molecule has 3 rings (SSSR count). The molecule has 1 aromatic heterocycles. The standard InChI is InChI=1S/C15H14ClNO3/c1-8-4-9(16)5-12-13(18)6-11(7-14(19)20)17(15(8)12)10-2-3-10/h4-6,10H,2-3,7H2,1H3,(H,19,20). The highest BCUT2D eigenvalue weighted by molar-refractivity contribution is 6.31. The van der Waals surface area contributed by atoms with Crippen molar-refractivity contribution in [2.45, 2.75) is 32.2 Å². The van der Waals surface area contributed by atoms with Gasteiger partial charge in [0.2, 0.25) is 0 Å². The number of rotatable bonds is 3. The molecule has 1 saturated carbocycles. The molecular formula is C15H14ClNO3. The summed E-state index contributed by atoms with van der Waals surface area (Å²) in [5, 5.41) is 10.1. The minimum absolute atomic E-state index is 0.135. The fourth-order valence-electron chi connectivity index (χ4n) is 2.73. The van der Waals surface area contributed by atoms with Gasteiger partial charge in [0.25, 0.3) is 0 Å². The summed E-state index contributed by atoms with van der Waals surface area (Å²) >= 11 is 6.03. The van der Waals surface area contributed by atoms with E-state index in [1.165, 1.54) is 6.07 Å². The zero-order valence-electron chi connectivity index (χ0n) is 11.0. The number of pyridine rings is 1. The predicted octanol–water partition coefficient (Wildman–Crippen LogP) is 2.93. The number of aromatic nitrogens is 1. The maximum Gasteiger partial charge on any atom is 0.309 e. The molecule has 0 amide bonds. The number of benzene rings is 1. The molecular weight excluding hydrogens is 278 g/mol. The van der Waals surface area contributed by atoms with E-state index in [0.717, 1.165) is 23.9 Å². The topological polar surface area (TPSA) is 59.3 Å². The first-order valence-corrected chi connectivity index (χ1v) is 6.91. The molecule has 0 unspecified atom stereocenters. The van der Waals surface area contributed by atoms with E-state index in [4.69, 9.17) is 16.7 Å². The van der Waals surface area contributed by atoms with Gasteiger partial charge in [-0.3, -0.25) is 9.59 Å². The Kier molecular flexibility index (Phi) is 3.05. The molecule has 0 radical (unpaired) electrons. The predicted molar refractivity (Wildman–Crippen MR) is 77.6 cm³/mol. The van der Waals surface area contributed by atoms with Crippen LogP contribution in [0, 0.1) is 6.92 Å². The molecule has 5 heteroatoms. The molecule has 0 saturated heterocycles. The molecule has 0 atom stereocenters. The molecule has 1 fully saturated rings. The van der Waals surface area contributed by atoms with Crippen molar-refractivity contribution >= 4 is 28.5 Å². The molecule has 1 N–H and O–H groups in total. The molecule has 1 aliphatic rings. The molecule has 1 heterocycles. The Morgan fingerprint density at radius 2 is 2.10 bits per heavy atom. The Balaban J connectivity index is 2.39. The van der Waals surface area contributed by atoms with E-state index >= 15 is 0 Å². The van der Waals surface area contributed by atoms with Crippen molar-refractivity contribution in [3.63, 3.8) is 0 Å². The van der Waals surface area contributed by atoms with Crippen molar-refractivity contribution < 1.29 is 9.90 Å².